The summed E-state index contributed by atoms with van der Waals surface area (Å²) < 4.78 is 6.08. The summed E-state index contributed by atoms with van der Waals surface area (Å²) in [6.07, 6.45) is 3.57. The van der Waals surface area contributed by atoms with Crippen LogP contribution < -0.4 is 10.5 Å². The number of piperidine rings is 1. The van der Waals surface area contributed by atoms with Crippen molar-refractivity contribution < 1.29 is 9.53 Å². The van der Waals surface area contributed by atoms with Crippen molar-refractivity contribution in [2.45, 2.75) is 25.9 Å². The van der Waals surface area contributed by atoms with Gasteiger partial charge >= 0.3 is 6.03 Å². The second kappa shape index (κ2) is 7.27. The fourth-order valence-corrected chi connectivity index (χ4v) is 3.70. The lowest BCUT2D eigenvalue weighted by molar-refractivity contribution is 0.114. The highest BCUT2D eigenvalue weighted by molar-refractivity contribution is 5.88. The first-order valence-corrected chi connectivity index (χ1v) is 9.27. The van der Waals surface area contributed by atoms with Crippen LogP contribution in [0.1, 0.15) is 18.4 Å². The Balaban J connectivity index is 1.48. The highest BCUT2D eigenvalue weighted by Crippen LogP contribution is 2.30. The second-order valence-electron chi connectivity index (χ2n) is 6.98. The maximum atomic E-state index is 11.2. The minimum absolute atomic E-state index is 0.123. The average molecular weight is 361 g/mol. The molecular weight excluding hydrogens is 338 g/mol. The van der Waals surface area contributed by atoms with Gasteiger partial charge in [-0.2, -0.15) is 0 Å². The number of nitrogens with two attached hydrogens (primary N) is 1. The topological polar surface area (TPSA) is 68.5 Å². The van der Waals surface area contributed by atoms with Crippen LogP contribution in [0, 0.1) is 6.92 Å². The van der Waals surface area contributed by atoms with Gasteiger partial charge < -0.3 is 15.4 Å². The van der Waals surface area contributed by atoms with Crippen molar-refractivity contribution in [1.29, 1.82) is 0 Å². The summed E-state index contributed by atoms with van der Waals surface area (Å²) in [5.74, 6) is 0.854. The Morgan fingerprint density at radius 2 is 1.85 bits per heavy atom. The Morgan fingerprint density at radius 3 is 2.56 bits per heavy atom. The van der Waals surface area contributed by atoms with Gasteiger partial charge in [0.25, 0.3) is 0 Å². The molecule has 0 atom stereocenters. The lowest BCUT2D eigenvalue weighted by atomic mass is 9.98. The third kappa shape index (κ3) is 3.58. The number of ether oxygens (including phenoxy) is 1. The van der Waals surface area contributed by atoms with E-state index in [1.54, 1.807) is 4.90 Å². The van der Waals surface area contributed by atoms with E-state index in [-0.39, 0.29) is 12.1 Å². The van der Waals surface area contributed by atoms with E-state index < -0.39 is 0 Å². The maximum absolute atomic E-state index is 11.2. The van der Waals surface area contributed by atoms with Crippen molar-refractivity contribution in [1.82, 2.24) is 9.88 Å². The van der Waals surface area contributed by atoms with Gasteiger partial charge in [-0.05, 0) is 41.8 Å². The third-order valence-corrected chi connectivity index (χ3v) is 5.25. The van der Waals surface area contributed by atoms with Crippen LogP contribution in [0.5, 0.6) is 5.75 Å². The molecule has 0 aliphatic carbocycles. The SMILES string of the molecule is Cc1c(-c2ccc(OC3CCN(C(N)=O)CC3)cc2)ccc2cccnc12. The normalized spacial score (nSPS) is 15.1. The van der Waals surface area contributed by atoms with Crippen molar-refractivity contribution in [3.63, 3.8) is 0 Å². The number of nitrogens with zero attached hydrogens (tertiary/aromatic N) is 2. The van der Waals surface area contributed by atoms with Crippen molar-refractivity contribution in [2.75, 3.05) is 13.1 Å². The van der Waals surface area contributed by atoms with E-state index >= 15 is 0 Å². The molecule has 0 saturated carbocycles. The number of aryl methyl sites for hydroxylation is 1. The zero-order valence-electron chi connectivity index (χ0n) is 15.4. The van der Waals surface area contributed by atoms with Crippen molar-refractivity contribution in [3.05, 3.63) is 60.3 Å². The maximum Gasteiger partial charge on any atom is 0.314 e. The summed E-state index contributed by atoms with van der Waals surface area (Å²) in [6, 6.07) is 16.2. The van der Waals surface area contributed by atoms with Crippen molar-refractivity contribution >= 4 is 16.9 Å². The number of likely N-dealkylation sites (tertiary alicyclic amines) is 1. The predicted octanol–water partition coefficient (Wildman–Crippen LogP) is 4.13. The molecule has 1 aliphatic heterocycles. The fourth-order valence-electron chi connectivity index (χ4n) is 3.70. The summed E-state index contributed by atoms with van der Waals surface area (Å²) in [5.41, 5.74) is 9.88. The Bertz CT molecular complexity index is 961. The van der Waals surface area contributed by atoms with E-state index in [0.717, 1.165) is 35.1 Å². The standard InChI is InChI=1S/C22H23N3O2/c1-15-20(9-6-17-3-2-12-24-21(15)17)16-4-7-18(8-5-16)27-19-10-13-25(14-11-19)22(23)26/h2-9,12,19H,10-11,13-14H2,1H3,(H2,23,26). The lowest BCUT2D eigenvalue weighted by Gasteiger charge is -2.31. The molecule has 3 aromatic rings. The first kappa shape index (κ1) is 17.3. The van der Waals surface area contributed by atoms with E-state index in [1.807, 2.05) is 24.4 Å². The van der Waals surface area contributed by atoms with Crippen LogP contribution in [0.25, 0.3) is 22.0 Å². The number of benzene rings is 2. The number of carbonyl (C=O) groups is 1. The Morgan fingerprint density at radius 1 is 1.11 bits per heavy atom. The molecule has 2 aromatic carbocycles. The quantitative estimate of drug-likeness (QED) is 0.762. The summed E-state index contributed by atoms with van der Waals surface area (Å²) in [4.78, 5) is 17.4. The van der Waals surface area contributed by atoms with Crippen LogP contribution in [0.4, 0.5) is 4.79 Å². The lowest BCUT2D eigenvalue weighted by Crippen LogP contribution is -2.44. The van der Waals surface area contributed by atoms with Gasteiger partial charge in [0.1, 0.15) is 11.9 Å². The molecule has 2 N–H and O–H groups in total. The average Bonchev–Trinajstić information content (AvgIpc) is 2.70. The van der Waals surface area contributed by atoms with Crippen LogP contribution in [0.2, 0.25) is 0 Å². The van der Waals surface area contributed by atoms with Gasteiger partial charge in [-0.25, -0.2) is 4.79 Å². The summed E-state index contributed by atoms with van der Waals surface area (Å²) in [6.45, 7) is 3.42. The molecule has 0 bridgehead atoms. The molecule has 0 unspecified atom stereocenters. The fraction of sp³-hybridized carbons (Fsp3) is 0.273. The van der Waals surface area contributed by atoms with Crippen molar-refractivity contribution in [2.24, 2.45) is 5.73 Å². The number of pyridine rings is 1. The van der Waals surface area contributed by atoms with Crippen LogP contribution in [-0.4, -0.2) is 35.1 Å². The molecule has 4 rings (SSSR count). The first-order chi connectivity index (χ1) is 13.1. The van der Waals surface area contributed by atoms with Crippen LogP contribution in [0.15, 0.2) is 54.7 Å². The molecule has 5 heteroatoms. The molecule has 1 aliphatic rings. The van der Waals surface area contributed by atoms with Crippen molar-refractivity contribution in [3.8, 4) is 16.9 Å². The number of carbonyl (C=O) groups excluding carboxylic acids is 1. The molecule has 0 spiro atoms. The molecule has 2 amide bonds. The number of primary amides is 1. The molecule has 1 fully saturated rings. The minimum atomic E-state index is -0.349. The minimum Gasteiger partial charge on any atom is -0.490 e. The van der Waals surface area contributed by atoms with Crippen LogP contribution in [0.3, 0.4) is 0 Å². The Labute approximate surface area is 158 Å². The number of amides is 2. The zero-order valence-corrected chi connectivity index (χ0v) is 15.4. The Hall–Kier alpha value is -3.08. The van der Waals surface area contributed by atoms with Gasteiger partial charge in [-0.3, -0.25) is 4.98 Å². The number of hydrogen-bond acceptors (Lipinski definition) is 3. The van der Waals surface area contributed by atoms with Crippen LogP contribution in [-0.2, 0) is 0 Å². The molecule has 138 valence electrons. The summed E-state index contributed by atoms with van der Waals surface area (Å²) >= 11 is 0. The van der Waals surface area contributed by atoms with Gasteiger partial charge in [0.2, 0.25) is 0 Å². The smallest absolute Gasteiger partial charge is 0.314 e. The van der Waals surface area contributed by atoms with Crippen LogP contribution >= 0.6 is 0 Å². The van der Waals surface area contributed by atoms with Gasteiger partial charge in [-0.1, -0.05) is 30.3 Å². The third-order valence-electron chi connectivity index (χ3n) is 5.25. The van der Waals surface area contributed by atoms with E-state index in [2.05, 4.69) is 42.2 Å². The van der Waals surface area contributed by atoms with E-state index in [4.69, 9.17) is 10.5 Å². The predicted molar refractivity (Wildman–Crippen MR) is 107 cm³/mol. The number of urea groups is 1. The second-order valence-corrected chi connectivity index (χ2v) is 6.98. The molecule has 0 radical (unpaired) electrons. The highest BCUT2D eigenvalue weighted by atomic mass is 16.5. The highest BCUT2D eigenvalue weighted by Gasteiger charge is 2.22. The molecule has 5 nitrogen and oxygen atoms in total. The summed E-state index contributed by atoms with van der Waals surface area (Å²) in [5, 5.41) is 1.15. The number of rotatable bonds is 3. The number of hydrogen-bond donors (Lipinski definition) is 1. The Kier molecular flexibility index (Phi) is 4.67. The summed E-state index contributed by atoms with van der Waals surface area (Å²) in [7, 11) is 0. The number of aromatic nitrogens is 1. The van der Waals surface area contributed by atoms with E-state index in [0.29, 0.717) is 13.1 Å². The van der Waals surface area contributed by atoms with Gasteiger partial charge in [0.15, 0.2) is 0 Å². The van der Waals surface area contributed by atoms with Gasteiger partial charge in [0, 0.05) is 37.5 Å². The monoisotopic (exact) mass is 361 g/mol. The van der Waals surface area contributed by atoms with E-state index in [9.17, 15) is 4.79 Å². The number of fused-ring (bicyclic) bond motifs is 1. The zero-order chi connectivity index (χ0) is 18.8. The molecular formula is C22H23N3O2. The molecule has 27 heavy (non-hydrogen) atoms. The van der Waals surface area contributed by atoms with Gasteiger partial charge in [-0.15, -0.1) is 0 Å². The van der Waals surface area contributed by atoms with E-state index in [1.165, 1.54) is 11.1 Å². The molecule has 1 aromatic heterocycles. The largest absolute Gasteiger partial charge is 0.490 e. The first-order valence-electron chi connectivity index (χ1n) is 9.27. The van der Waals surface area contributed by atoms with Gasteiger partial charge in [0.05, 0.1) is 5.52 Å². The molecule has 2 heterocycles. The molecule has 1 saturated heterocycles.